The van der Waals surface area contributed by atoms with Crippen molar-refractivity contribution >= 4 is 75.1 Å². The van der Waals surface area contributed by atoms with Crippen molar-refractivity contribution in [2.24, 2.45) is 0 Å². The van der Waals surface area contributed by atoms with E-state index in [0.29, 0.717) is 0 Å². The largest absolute Gasteiger partial charge is 0.313 e. The topological polar surface area (TPSA) is 9.86 Å². The van der Waals surface area contributed by atoms with Crippen LogP contribution in [0.15, 0.2) is 107 Å². The maximum Gasteiger partial charge on any atom is 0.243 e. The Hall–Kier alpha value is -4.19. The minimum Gasteiger partial charge on any atom is -0.313 e. The lowest BCUT2D eigenvalue weighted by atomic mass is 9.36. The van der Waals surface area contributed by atoms with Gasteiger partial charge in [0, 0.05) is 43.3 Å². The van der Waals surface area contributed by atoms with E-state index in [-0.39, 0.29) is 12.1 Å². The van der Waals surface area contributed by atoms with Gasteiger partial charge in [0.05, 0.1) is 11.0 Å². The third-order valence-corrected chi connectivity index (χ3v) is 19.7. The smallest absolute Gasteiger partial charge is 0.243 e. The Labute approximate surface area is 326 Å². The first-order valence-electron chi connectivity index (χ1n) is 20.6. The molecule has 0 amide bonds. The normalized spacial score (nSPS) is 18.6. The van der Waals surface area contributed by atoms with Crippen LogP contribution < -0.4 is 26.8 Å². The van der Waals surface area contributed by atoms with Crippen LogP contribution in [0.1, 0.15) is 81.5 Å². The predicted molar refractivity (Wildman–Crippen MR) is 235 cm³/mol. The maximum atomic E-state index is 2.68. The van der Waals surface area contributed by atoms with Crippen molar-refractivity contribution < 1.29 is 0 Å². The molecule has 2 aliphatic heterocycles. The lowest BCUT2D eigenvalue weighted by Gasteiger charge is -2.43. The standard InChI is InChI=1S/C49H49BN2SSi/c1-6-54(5)46-30-33(52-42-21-13-9-17-36(42)37-18-10-14-22-43(37)52)24-26-39(46)50-38-25-23-32(51-40-19-11-7-15-34(40)35-16-8-12-20-41(35)51)29-44(38)53-45-27-31(49(2,3)4)28-47(54)48(45)50/h7,9,11,13,15,17,19,21,23-30H,6,8,10,12,14,16,18,20,22H2,1-5H3. The Morgan fingerprint density at radius 2 is 1.20 bits per heavy atom. The van der Waals surface area contributed by atoms with E-state index in [1.165, 1.54) is 111 Å². The summed E-state index contributed by atoms with van der Waals surface area (Å²) in [6.45, 7) is 12.6. The fraction of sp³-hybridized carbons (Fsp3) is 0.306. The molecule has 1 atom stereocenters. The van der Waals surface area contributed by atoms with Gasteiger partial charge in [-0.15, -0.1) is 0 Å². The first-order chi connectivity index (χ1) is 26.2. The molecule has 7 aromatic rings. The van der Waals surface area contributed by atoms with Crippen LogP contribution in [0.25, 0.3) is 33.2 Å². The van der Waals surface area contributed by atoms with Crippen molar-refractivity contribution in [3.63, 3.8) is 0 Å². The molecule has 0 N–H and O–H groups in total. The van der Waals surface area contributed by atoms with Gasteiger partial charge in [-0.05, 0) is 116 Å². The number of rotatable bonds is 3. The summed E-state index contributed by atoms with van der Waals surface area (Å²) in [7, 11) is -2.12. The minimum atomic E-state index is -2.12. The van der Waals surface area contributed by atoms with Crippen LogP contribution >= 0.6 is 11.8 Å². The predicted octanol–water partition coefficient (Wildman–Crippen LogP) is 9.14. The van der Waals surface area contributed by atoms with Crippen LogP contribution in [-0.2, 0) is 31.1 Å². The fourth-order valence-corrected chi connectivity index (χ4v) is 16.1. The monoisotopic (exact) mass is 736 g/mol. The van der Waals surface area contributed by atoms with Gasteiger partial charge in [0.1, 0.15) is 8.07 Å². The van der Waals surface area contributed by atoms with Crippen molar-refractivity contribution in [3.8, 4) is 11.4 Å². The third kappa shape index (κ3) is 4.61. The summed E-state index contributed by atoms with van der Waals surface area (Å²) in [6, 6.07) is 40.0. The third-order valence-electron chi connectivity index (χ3n) is 13.9. The van der Waals surface area contributed by atoms with Crippen LogP contribution in [0.4, 0.5) is 0 Å². The molecule has 2 aliphatic carbocycles. The summed E-state index contributed by atoms with van der Waals surface area (Å²) in [4.78, 5) is 2.91. The van der Waals surface area contributed by atoms with Gasteiger partial charge in [0.15, 0.2) is 0 Å². The maximum absolute atomic E-state index is 2.68. The second-order valence-corrected chi connectivity index (χ2v) is 23.4. The molecule has 0 saturated heterocycles. The highest BCUT2D eigenvalue weighted by atomic mass is 32.2. The molecule has 0 saturated carbocycles. The van der Waals surface area contributed by atoms with Crippen LogP contribution in [0, 0.1) is 0 Å². The van der Waals surface area contributed by atoms with Gasteiger partial charge in [0.25, 0.3) is 0 Å². The number of nitrogens with zero attached hydrogens (tertiary/aromatic N) is 2. The first kappa shape index (κ1) is 33.2. The van der Waals surface area contributed by atoms with E-state index in [9.17, 15) is 0 Å². The number of aryl methyl sites for hydroxylation is 2. The molecule has 5 aromatic carbocycles. The van der Waals surface area contributed by atoms with E-state index in [2.05, 4.69) is 140 Å². The van der Waals surface area contributed by atoms with Crippen molar-refractivity contribution in [2.75, 3.05) is 0 Å². The van der Waals surface area contributed by atoms with E-state index < -0.39 is 8.07 Å². The molecule has 0 bridgehead atoms. The summed E-state index contributed by atoms with van der Waals surface area (Å²) >= 11 is 2.04. The van der Waals surface area contributed by atoms with Gasteiger partial charge in [-0.25, -0.2) is 0 Å². The summed E-state index contributed by atoms with van der Waals surface area (Å²) in [5, 5.41) is 6.22. The Balaban J connectivity index is 1.15. The molecule has 0 radical (unpaired) electrons. The molecule has 1 unspecified atom stereocenters. The van der Waals surface area contributed by atoms with E-state index >= 15 is 0 Å². The SMILES string of the molecule is CC[Si]1(C)c2cc(-n3c4c(c5ccccc53)CCCC4)ccc2B2c3ccc(-n4c5c(c6ccccc64)CCCC5)cc3Sc3cc(C(C)(C)C)cc1c32. The summed E-state index contributed by atoms with van der Waals surface area (Å²) in [5.74, 6) is 0. The zero-order valence-electron chi connectivity index (χ0n) is 32.5. The molecule has 11 rings (SSSR count). The van der Waals surface area contributed by atoms with Crippen molar-refractivity contribution in [3.05, 3.63) is 125 Å². The van der Waals surface area contributed by atoms with Crippen molar-refractivity contribution in [1.29, 1.82) is 0 Å². The molecular formula is C49H49BN2SSi. The van der Waals surface area contributed by atoms with Crippen LogP contribution in [0.5, 0.6) is 0 Å². The number of hydrogen-bond acceptors (Lipinski definition) is 1. The second kappa shape index (κ2) is 11.9. The molecular weight excluding hydrogens is 688 g/mol. The zero-order chi connectivity index (χ0) is 36.5. The van der Waals surface area contributed by atoms with Gasteiger partial charge in [-0.1, -0.05) is 133 Å². The first-order valence-corrected chi connectivity index (χ1v) is 24.1. The molecule has 2 aromatic heterocycles. The highest BCUT2D eigenvalue weighted by molar-refractivity contribution is 8.00. The van der Waals surface area contributed by atoms with E-state index in [1.54, 1.807) is 38.1 Å². The number of benzene rings is 5. The molecule has 268 valence electrons. The van der Waals surface area contributed by atoms with Crippen molar-refractivity contribution in [1.82, 2.24) is 9.13 Å². The summed E-state index contributed by atoms with van der Waals surface area (Å²) < 4.78 is 5.27. The average Bonchev–Trinajstić information content (AvgIpc) is 3.71. The molecule has 54 heavy (non-hydrogen) atoms. The Morgan fingerprint density at radius 3 is 1.81 bits per heavy atom. The van der Waals surface area contributed by atoms with Crippen LogP contribution in [0.2, 0.25) is 12.6 Å². The quantitative estimate of drug-likeness (QED) is 0.165. The number of aromatic nitrogens is 2. The van der Waals surface area contributed by atoms with Crippen molar-refractivity contribution in [2.45, 2.75) is 107 Å². The Morgan fingerprint density at radius 1 is 0.630 bits per heavy atom. The lowest BCUT2D eigenvalue weighted by Crippen LogP contribution is -2.78. The minimum absolute atomic E-state index is 0.0706. The summed E-state index contributed by atoms with van der Waals surface area (Å²) in [6.07, 6.45) is 9.86. The molecule has 4 aliphatic rings. The molecule has 0 fully saturated rings. The average molecular weight is 737 g/mol. The Kier molecular flexibility index (Phi) is 7.31. The van der Waals surface area contributed by atoms with E-state index in [0.717, 1.165) is 6.42 Å². The lowest BCUT2D eigenvalue weighted by molar-refractivity contribution is 0.589. The zero-order valence-corrected chi connectivity index (χ0v) is 34.3. The number of hydrogen-bond donors (Lipinski definition) is 0. The molecule has 0 spiro atoms. The fourth-order valence-electron chi connectivity index (χ4n) is 11.0. The number of para-hydroxylation sites is 2. The second-order valence-electron chi connectivity index (χ2n) is 17.9. The van der Waals surface area contributed by atoms with E-state index in [1.807, 2.05) is 11.8 Å². The number of fused-ring (bicyclic) bond motifs is 10. The van der Waals surface area contributed by atoms with Gasteiger partial charge >= 0.3 is 0 Å². The van der Waals surface area contributed by atoms with Gasteiger partial charge < -0.3 is 9.13 Å². The van der Waals surface area contributed by atoms with Gasteiger partial charge in [-0.2, -0.15) is 0 Å². The van der Waals surface area contributed by atoms with E-state index in [4.69, 9.17) is 0 Å². The molecule has 5 heteroatoms. The summed E-state index contributed by atoms with van der Waals surface area (Å²) in [5.41, 5.74) is 17.8. The van der Waals surface area contributed by atoms with Gasteiger partial charge in [0.2, 0.25) is 6.71 Å². The molecule has 4 heterocycles. The molecule has 2 nitrogen and oxygen atoms in total. The van der Waals surface area contributed by atoms with Crippen LogP contribution in [-0.4, -0.2) is 23.9 Å². The Bertz CT molecular complexity index is 2710. The van der Waals surface area contributed by atoms with Crippen LogP contribution in [0.3, 0.4) is 0 Å². The highest BCUT2D eigenvalue weighted by Crippen LogP contribution is 2.40. The highest BCUT2D eigenvalue weighted by Gasteiger charge is 2.47. The van der Waals surface area contributed by atoms with Gasteiger partial charge in [-0.3, -0.25) is 0 Å².